The topological polar surface area (TPSA) is 32.6 Å². The molecule has 1 aromatic rings. The number of benzene rings is 1. The van der Waals surface area contributed by atoms with Crippen molar-refractivity contribution in [2.75, 3.05) is 0 Å². The smallest absolute Gasteiger partial charge is 0.0740 e. The molecule has 0 fully saturated rings. The van der Waals surface area contributed by atoms with Gasteiger partial charge >= 0.3 is 0 Å². The normalized spacial score (nSPS) is 8.82. The first-order valence-electron chi connectivity index (χ1n) is 2.86. The van der Waals surface area contributed by atoms with Crippen LogP contribution in [0.5, 0.6) is 0 Å². The maximum atomic E-state index is 8.61. The van der Waals surface area contributed by atoms with Crippen LogP contribution >= 0.6 is 24.3 Å². The number of nitrogens with zero attached hydrogens (tertiary/aromatic N) is 1. The van der Waals surface area contributed by atoms with Gasteiger partial charge < -0.3 is 4.55 Å². The SMILES string of the molecule is OSc1ccc(N=C=S)cc1. The van der Waals surface area contributed by atoms with E-state index in [0.29, 0.717) is 12.0 Å². The number of thiocarbonyl (C=S) groups is 1. The second-order valence-electron chi connectivity index (χ2n) is 1.79. The molecule has 1 N–H and O–H groups in total. The van der Waals surface area contributed by atoms with E-state index < -0.39 is 0 Å². The van der Waals surface area contributed by atoms with Crippen molar-refractivity contribution in [1.29, 1.82) is 0 Å². The standard InChI is InChI=1S/C7H5NOS2/c9-11-7-3-1-6(2-4-7)8-5-10/h1-4,9H. The van der Waals surface area contributed by atoms with Gasteiger partial charge in [0.15, 0.2) is 0 Å². The van der Waals surface area contributed by atoms with E-state index in [4.69, 9.17) is 4.55 Å². The van der Waals surface area contributed by atoms with E-state index in [1.54, 1.807) is 24.3 Å². The summed E-state index contributed by atoms with van der Waals surface area (Å²) in [5.41, 5.74) is 0.748. The van der Waals surface area contributed by atoms with Gasteiger partial charge in [-0.1, -0.05) is 0 Å². The van der Waals surface area contributed by atoms with Crippen molar-refractivity contribution in [3.05, 3.63) is 24.3 Å². The first-order chi connectivity index (χ1) is 5.36. The molecular weight excluding hydrogens is 178 g/mol. The Balaban J connectivity index is 2.91. The van der Waals surface area contributed by atoms with E-state index in [1.165, 1.54) is 0 Å². The minimum atomic E-state index is 0.707. The predicted molar refractivity (Wildman–Crippen MR) is 49.6 cm³/mol. The Labute approximate surface area is 74.2 Å². The lowest BCUT2D eigenvalue weighted by Gasteiger charge is -1.92. The fourth-order valence-corrected chi connectivity index (χ4v) is 0.997. The van der Waals surface area contributed by atoms with Crippen LogP contribution in [0.1, 0.15) is 0 Å². The molecular formula is C7H5NOS2. The molecule has 0 radical (unpaired) electrons. The summed E-state index contributed by atoms with van der Waals surface area (Å²) >= 11 is 5.13. The number of aliphatic imine (C=N–C) groups is 1. The molecule has 0 unspecified atom stereocenters. The quantitative estimate of drug-likeness (QED) is 0.434. The molecule has 0 amide bonds. The summed E-state index contributed by atoms with van der Waals surface area (Å²) in [5.74, 6) is 0. The monoisotopic (exact) mass is 183 g/mol. The second-order valence-corrected chi connectivity index (χ2v) is 2.62. The highest BCUT2D eigenvalue weighted by Crippen LogP contribution is 2.18. The Bertz CT molecular complexity index is 277. The molecule has 0 heterocycles. The van der Waals surface area contributed by atoms with E-state index >= 15 is 0 Å². The molecule has 1 rings (SSSR count). The fourth-order valence-electron chi connectivity index (χ4n) is 0.634. The Hall–Kier alpha value is -0.670. The van der Waals surface area contributed by atoms with Crippen molar-refractivity contribution in [3.63, 3.8) is 0 Å². The van der Waals surface area contributed by atoms with Crippen LogP contribution in [0.15, 0.2) is 34.2 Å². The molecule has 0 saturated heterocycles. The Morgan fingerprint density at radius 1 is 1.36 bits per heavy atom. The third-order valence-electron chi connectivity index (χ3n) is 1.12. The van der Waals surface area contributed by atoms with Crippen molar-refractivity contribution in [3.8, 4) is 0 Å². The van der Waals surface area contributed by atoms with Crippen LogP contribution in [0.2, 0.25) is 0 Å². The maximum Gasteiger partial charge on any atom is 0.0740 e. The molecule has 4 heteroatoms. The highest BCUT2D eigenvalue weighted by Gasteiger charge is 1.90. The lowest BCUT2D eigenvalue weighted by atomic mass is 10.3. The Kier molecular flexibility index (Phi) is 3.26. The van der Waals surface area contributed by atoms with Crippen molar-refractivity contribution in [2.24, 2.45) is 4.99 Å². The maximum absolute atomic E-state index is 8.61. The molecule has 11 heavy (non-hydrogen) atoms. The van der Waals surface area contributed by atoms with Gasteiger partial charge in [0.1, 0.15) is 0 Å². The number of rotatable bonds is 2. The summed E-state index contributed by atoms with van der Waals surface area (Å²) in [7, 11) is 0. The number of isothiocyanates is 1. The fraction of sp³-hybridized carbons (Fsp3) is 0. The Morgan fingerprint density at radius 2 is 2.00 bits per heavy atom. The van der Waals surface area contributed by atoms with Crippen LogP contribution in [0, 0.1) is 0 Å². The van der Waals surface area contributed by atoms with Crippen molar-refractivity contribution < 1.29 is 4.55 Å². The average Bonchev–Trinajstić information content (AvgIpc) is 2.07. The zero-order chi connectivity index (χ0) is 8.10. The van der Waals surface area contributed by atoms with Crippen molar-refractivity contribution >= 4 is 35.1 Å². The summed E-state index contributed by atoms with van der Waals surface area (Å²) in [6, 6.07) is 7.04. The molecule has 0 aliphatic carbocycles. The third-order valence-corrected chi connectivity index (χ3v) is 1.69. The van der Waals surface area contributed by atoms with Gasteiger partial charge in [-0.15, -0.1) is 0 Å². The minimum absolute atomic E-state index is 0.707. The predicted octanol–water partition coefficient (Wildman–Crippen LogP) is 2.99. The van der Waals surface area contributed by atoms with Crippen LogP contribution in [-0.4, -0.2) is 9.71 Å². The van der Waals surface area contributed by atoms with Crippen LogP contribution < -0.4 is 0 Å². The largest absolute Gasteiger partial charge is 0.325 e. The number of hydrogen-bond acceptors (Lipinski definition) is 4. The van der Waals surface area contributed by atoms with Crippen LogP contribution in [0.25, 0.3) is 0 Å². The molecule has 0 saturated carbocycles. The van der Waals surface area contributed by atoms with E-state index in [9.17, 15) is 0 Å². The van der Waals surface area contributed by atoms with E-state index in [0.717, 1.165) is 10.6 Å². The lowest BCUT2D eigenvalue weighted by Crippen LogP contribution is -1.67. The van der Waals surface area contributed by atoms with E-state index in [-0.39, 0.29) is 0 Å². The summed E-state index contributed by atoms with van der Waals surface area (Å²) < 4.78 is 8.61. The molecule has 0 aromatic heterocycles. The Morgan fingerprint density at radius 3 is 2.45 bits per heavy atom. The van der Waals surface area contributed by atoms with Gasteiger partial charge in [-0.05, 0) is 36.5 Å². The summed E-state index contributed by atoms with van der Waals surface area (Å²) in [4.78, 5) is 4.54. The van der Waals surface area contributed by atoms with E-state index in [2.05, 4.69) is 22.4 Å². The molecule has 0 spiro atoms. The average molecular weight is 183 g/mol. The lowest BCUT2D eigenvalue weighted by molar-refractivity contribution is 0.664. The van der Waals surface area contributed by atoms with Gasteiger partial charge in [-0.3, -0.25) is 0 Å². The van der Waals surface area contributed by atoms with Gasteiger partial charge in [0.2, 0.25) is 0 Å². The van der Waals surface area contributed by atoms with Gasteiger partial charge in [-0.2, -0.15) is 4.99 Å². The van der Waals surface area contributed by atoms with Gasteiger partial charge in [0.05, 0.1) is 10.8 Å². The molecule has 1 aromatic carbocycles. The minimum Gasteiger partial charge on any atom is -0.325 e. The summed E-state index contributed by atoms with van der Waals surface area (Å²) in [5, 5.41) is 2.26. The first-order valence-corrected chi connectivity index (χ1v) is 4.04. The molecule has 56 valence electrons. The van der Waals surface area contributed by atoms with Crippen LogP contribution in [0.4, 0.5) is 5.69 Å². The first kappa shape index (κ1) is 8.43. The molecule has 0 aliphatic heterocycles. The van der Waals surface area contributed by atoms with Gasteiger partial charge in [0, 0.05) is 16.9 Å². The summed E-state index contributed by atoms with van der Waals surface area (Å²) in [6.45, 7) is 0. The third kappa shape index (κ3) is 2.44. The molecule has 0 atom stereocenters. The zero-order valence-electron chi connectivity index (χ0n) is 5.52. The van der Waals surface area contributed by atoms with Crippen molar-refractivity contribution in [2.45, 2.75) is 4.90 Å². The van der Waals surface area contributed by atoms with Gasteiger partial charge in [-0.25, -0.2) is 0 Å². The van der Waals surface area contributed by atoms with Crippen LogP contribution in [-0.2, 0) is 0 Å². The summed E-state index contributed by atoms with van der Waals surface area (Å²) in [6.07, 6.45) is 0. The molecule has 0 bridgehead atoms. The molecule has 2 nitrogen and oxygen atoms in total. The number of hydrogen-bond donors (Lipinski definition) is 1. The molecule has 0 aliphatic rings. The van der Waals surface area contributed by atoms with Gasteiger partial charge in [0.25, 0.3) is 0 Å². The highest BCUT2D eigenvalue weighted by molar-refractivity contribution is 7.93. The highest BCUT2D eigenvalue weighted by atomic mass is 32.2. The second kappa shape index (κ2) is 4.26. The van der Waals surface area contributed by atoms with Crippen molar-refractivity contribution in [1.82, 2.24) is 0 Å². The zero-order valence-corrected chi connectivity index (χ0v) is 7.15. The van der Waals surface area contributed by atoms with Crippen LogP contribution in [0.3, 0.4) is 0 Å². The van der Waals surface area contributed by atoms with E-state index in [1.807, 2.05) is 0 Å².